The van der Waals surface area contributed by atoms with Crippen LogP contribution in [0.2, 0.25) is 0 Å². The van der Waals surface area contributed by atoms with Crippen molar-refractivity contribution in [3.63, 3.8) is 0 Å². The van der Waals surface area contributed by atoms with Crippen molar-refractivity contribution in [2.75, 3.05) is 11.5 Å². The molecule has 1 aromatic rings. The lowest BCUT2D eigenvalue weighted by Crippen LogP contribution is -2.10. The van der Waals surface area contributed by atoms with Crippen LogP contribution in [0.15, 0.2) is 12.3 Å². The molecule has 2 rings (SSSR count). The van der Waals surface area contributed by atoms with Crippen molar-refractivity contribution in [3.8, 4) is 0 Å². The zero-order valence-corrected chi connectivity index (χ0v) is 7.76. The average molecular weight is 183 g/mol. The summed E-state index contributed by atoms with van der Waals surface area (Å²) in [5, 5.41) is 4.91. The van der Waals surface area contributed by atoms with Gasteiger partial charge in [-0.25, -0.2) is 0 Å². The van der Waals surface area contributed by atoms with Crippen molar-refractivity contribution in [1.82, 2.24) is 9.78 Å². The molecule has 1 aliphatic heterocycles. The fourth-order valence-electron chi connectivity index (χ4n) is 1.48. The molecule has 0 aliphatic carbocycles. The molecule has 0 saturated carbocycles. The molecule has 2 N–H and O–H groups in total. The number of hydrogen-bond acceptors (Lipinski definition) is 3. The van der Waals surface area contributed by atoms with Crippen LogP contribution in [0, 0.1) is 0 Å². The monoisotopic (exact) mass is 183 g/mol. The molecule has 1 atom stereocenters. The van der Waals surface area contributed by atoms with Gasteiger partial charge >= 0.3 is 0 Å². The highest BCUT2D eigenvalue weighted by atomic mass is 32.2. The maximum atomic E-state index is 5.51. The minimum atomic E-state index is 0.623. The predicted octanol–water partition coefficient (Wildman–Crippen LogP) is 1.36. The van der Waals surface area contributed by atoms with Crippen LogP contribution in [0.25, 0.3) is 0 Å². The second kappa shape index (κ2) is 3.39. The molecule has 0 aromatic carbocycles. The smallest absolute Gasteiger partial charge is 0.145 e. The van der Waals surface area contributed by atoms with E-state index in [1.165, 1.54) is 18.6 Å². The Morgan fingerprint density at radius 3 is 3.25 bits per heavy atom. The largest absolute Gasteiger partial charge is 0.382 e. The molecule has 1 aromatic heterocycles. The van der Waals surface area contributed by atoms with Gasteiger partial charge in [-0.3, -0.25) is 4.68 Å². The van der Waals surface area contributed by atoms with Crippen LogP contribution >= 0.6 is 11.8 Å². The first-order valence-electron chi connectivity index (χ1n) is 4.25. The fourth-order valence-corrected chi connectivity index (χ4v) is 2.73. The van der Waals surface area contributed by atoms with Crippen molar-refractivity contribution in [1.29, 1.82) is 0 Å². The molecule has 2 heterocycles. The van der Waals surface area contributed by atoms with E-state index in [-0.39, 0.29) is 0 Å². The zero-order valence-electron chi connectivity index (χ0n) is 6.94. The van der Waals surface area contributed by atoms with Crippen LogP contribution in [0.4, 0.5) is 5.82 Å². The normalized spacial score (nSPS) is 23.2. The SMILES string of the molecule is Nc1ccn(CC2CCCS2)n1. The maximum Gasteiger partial charge on any atom is 0.145 e. The summed E-state index contributed by atoms with van der Waals surface area (Å²) in [4.78, 5) is 0. The van der Waals surface area contributed by atoms with E-state index in [0.29, 0.717) is 5.82 Å². The topological polar surface area (TPSA) is 43.8 Å². The van der Waals surface area contributed by atoms with Gasteiger partial charge in [0.05, 0.1) is 6.54 Å². The minimum absolute atomic E-state index is 0.623. The van der Waals surface area contributed by atoms with E-state index >= 15 is 0 Å². The van der Waals surface area contributed by atoms with Crippen LogP contribution in [0.5, 0.6) is 0 Å². The molecule has 12 heavy (non-hydrogen) atoms. The van der Waals surface area contributed by atoms with Crippen molar-refractivity contribution >= 4 is 17.6 Å². The fraction of sp³-hybridized carbons (Fsp3) is 0.625. The highest BCUT2D eigenvalue weighted by Crippen LogP contribution is 2.27. The number of anilines is 1. The number of nitrogens with zero attached hydrogens (tertiary/aromatic N) is 2. The van der Waals surface area contributed by atoms with Gasteiger partial charge in [-0.1, -0.05) is 0 Å². The van der Waals surface area contributed by atoms with E-state index in [1.807, 2.05) is 28.7 Å². The summed E-state index contributed by atoms with van der Waals surface area (Å²) < 4.78 is 1.94. The van der Waals surface area contributed by atoms with Gasteiger partial charge in [0, 0.05) is 11.4 Å². The lowest BCUT2D eigenvalue weighted by Gasteiger charge is -2.07. The molecule has 66 valence electrons. The Hall–Kier alpha value is -0.640. The summed E-state index contributed by atoms with van der Waals surface area (Å²) in [7, 11) is 0. The standard InChI is InChI=1S/C8H13N3S/c9-8-3-4-11(10-8)6-7-2-1-5-12-7/h3-4,7H,1-2,5-6H2,(H2,9,10). The Kier molecular flexibility index (Phi) is 2.26. The Bertz CT molecular complexity index is 253. The number of hydrogen-bond donors (Lipinski definition) is 1. The van der Waals surface area contributed by atoms with Gasteiger partial charge < -0.3 is 5.73 Å². The van der Waals surface area contributed by atoms with Gasteiger partial charge in [0.1, 0.15) is 5.82 Å². The van der Waals surface area contributed by atoms with Crippen molar-refractivity contribution in [2.45, 2.75) is 24.6 Å². The molecule has 0 radical (unpaired) electrons. The van der Waals surface area contributed by atoms with Gasteiger partial charge in [0.25, 0.3) is 0 Å². The van der Waals surface area contributed by atoms with Gasteiger partial charge in [0.2, 0.25) is 0 Å². The first-order valence-corrected chi connectivity index (χ1v) is 5.30. The molecule has 1 saturated heterocycles. The molecule has 0 bridgehead atoms. The summed E-state index contributed by atoms with van der Waals surface area (Å²) in [5.41, 5.74) is 5.51. The summed E-state index contributed by atoms with van der Waals surface area (Å²) in [6.07, 6.45) is 4.63. The molecule has 1 fully saturated rings. The average Bonchev–Trinajstić information content (AvgIpc) is 2.63. The Balaban J connectivity index is 1.94. The van der Waals surface area contributed by atoms with Gasteiger partial charge in [0.15, 0.2) is 0 Å². The summed E-state index contributed by atoms with van der Waals surface area (Å²) in [5.74, 6) is 1.93. The number of rotatable bonds is 2. The van der Waals surface area contributed by atoms with Gasteiger partial charge in [-0.15, -0.1) is 0 Å². The van der Waals surface area contributed by atoms with Crippen LogP contribution in [-0.4, -0.2) is 20.8 Å². The summed E-state index contributed by atoms with van der Waals surface area (Å²) in [6.45, 7) is 1.02. The quantitative estimate of drug-likeness (QED) is 0.753. The molecule has 0 amide bonds. The van der Waals surface area contributed by atoms with Crippen LogP contribution < -0.4 is 5.73 Å². The molecule has 1 aliphatic rings. The van der Waals surface area contributed by atoms with Crippen molar-refractivity contribution in [2.24, 2.45) is 0 Å². The van der Waals surface area contributed by atoms with E-state index < -0.39 is 0 Å². The third kappa shape index (κ3) is 1.75. The molecule has 3 nitrogen and oxygen atoms in total. The van der Waals surface area contributed by atoms with E-state index in [4.69, 9.17) is 5.73 Å². The number of nitrogen functional groups attached to an aromatic ring is 1. The summed E-state index contributed by atoms with van der Waals surface area (Å²) >= 11 is 2.04. The second-order valence-corrected chi connectivity index (χ2v) is 4.51. The summed E-state index contributed by atoms with van der Waals surface area (Å²) in [6, 6.07) is 1.85. The third-order valence-electron chi connectivity index (χ3n) is 2.08. The molecular formula is C8H13N3S. The van der Waals surface area contributed by atoms with E-state index in [9.17, 15) is 0 Å². The predicted molar refractivity (Wildman–Crippen MR) is 52.1 cm³/mol. The van der Waals surface area contributed by atoms with Crippen molar-refractivity contribution < 1.29 is 0 Å². The zero-order chi connectivity index (χ0) is 8.39. The highest BCUT2D eigenvalue weighted by Gasteiger charge is 2.15. The number of aromatic nitrogens is 2. The molecule has 1 unspecified atom stereocenters. The van der Waals surface area contributed by atoms with Crippen LogP contribution in [0.3, 0.4) is 0 Å². The van der Waals surface area contributed by atoms with E-state index in [2.05, 4.69) is 5.10 Å². The number of nitrogens with two attached hydrogens (primary N) is 1. The highest BCUT2D eigenvalue weighted by molar-refractivity contribution is 8.00. The maximum absolute atomic E-state index is 5.51. The van der Waals surface area contributed by atoms with E-state index in [0.717, 1.165) is 11.8 Å². The minimum Gasteiger partial charge on any atom is -0.382 e. The first kappa shape index (κ1) is 7.98. The first-order chi connectivity index (χ1) is 5.84. The van der Waals surface area contributed by atoms with Crippen LogP contribution in [-0.2, 0) is 6.54 Å². The Labute approximate surface area is 76.3 Å². The lowest BCUT2D eigenvalue weighted by atomic mass is 10.2. The van der Waals surface area contributed by atoms with Crippen molar-refractivity contribution in [3.05, 3.63) is 12.3 Å². The molecule has 0 spiro atoms. The van der Waals surface area contributed by atoms with E-state index in [1.54, 1.807) is 0 Å². The van der Waals surface area contributed by atoms with Gasteiger partial charge in [-0.05, 0) is 24.7 Å². The third-order valence-corrected chi connectivity index (χ3v) is 3.46. The Morgan fingerprint density at radius 2 is 2.67 bits per heavy atom. The van der Waals surface area contributed by atoms with Crippen LogP contribution in [0.1, 0.15) is 12.8 Å². The molecular weight excluding hydrogens is 170 g/mol. The molecule has 4 heteroatoms. The second-order valence-electron chi connectivity index (χ2n) is 3.10. The lowest BCUT2D eigenvalue weighted by molar-refractivity contribution is 0.581. The Morgan fingerprint density at radius 1 is 1.75 bits per heavy atom. The van der Waals surface area contributed by atoms with Gasteiger partial charge in [-0.2, -0.15) is 16.9 Å². The number of thioether (sulfide) groups is 1.